The lowest BCUT2D eigenvalue weighted by Crippen LogP contribution is -2.43. The van der Waals surface area contributed by atoms with E-state index in [1.54, 1.807) is 0 Å². The predicted octanol–water partition coefficient (Wildman–Crippen LogP) is 0.550. The predicted molar refractivity (Wildman–Crippen MR) is 59.8 cm³/mol. The van der Waals surface area contributed by atoms with Crippen molar-refractivity contribution in [3.63, 3.8) is 0 Å². The standard InChI is InChI=1S/C12H20N2O2/c13-9(7-1-2-7)6-12(15)14-10-5-8-3-4-11(10)16-8/h7-11H,1-6,13H2,(H,14,15). The van der Waals surface area contributed by atoms with E-state index < -0.39 is 0 Å². The molecule has 3 fully saturated rings. The van der Waals surface area contributed by atoms with Crippen LogP contribution >= 0.6 is 0 Å². The molecule has 0 aromatic carbocycles. The summed E-state index contributed by atoms with van der Waals surface area (Å²) in [6.45, 7) is 0. The number of fused-ring (bicyclic) bond motifs is 2. The van der Waals surface area contributed by atoms with Gasteiger partial charge in [0.15, 0.2) is 0 Å². The van der Waals surface area contributed by atoms with Crippen molar-refractivity contribution in [3.8, 4) is 0 Å². The average Bonchev–Trinajstić information content (AvgIpc) is 2.91. The first kappa shape index (κ1) is 10.5. The lowest BCUT2D eigenvalue weighted by atomic mass is 9.95. The maximum Gasteiger partial charge on any atom is 0.221 e. The molecular weight excluding hydrogens is 204 g/mol. The van der Waals surface area contributed by atoms with E-state index in [0.29, 0.717) is 18.4 Å². The molecule has 3 N–H and O–H groups in total. The molecule has 3 rings (SSSR count). The van der Waals surface area contributed by atoms with Crippen LogP contribution in [-0.4, -0.2) is 30.2 Å². The van der Waals surface area contributed by atoms with Gasteiger partial charge in [-0.1, -0.05) is 0 Å². The average molecular weight is 224 g/mol. The number of carbonyl (C=O) groups is 1. The van der Waals surface area contributed by atoms with Gasteiger partial charge in [-0.15, -0.1) is 0 Å². The summed E-state index contributed by atoms with van der Waals surface area (Å²) < 4.78 is 5.70. The maximum atomic E-state index is 11.8. The zero-order chi connectivity index (χ0) is 11.1. The van der Waals surface area contributed by atoms with Crippen LogP contribution in [0.2, 0.25) is 0 Å². The number of hydrogen-bond acceptors (Lipinski definition) is 3. The topological polar surface area (TPSA) is 64.4 Å². The van der Waals surface area contributed by atoms with Crippen LogP contribution in [-0.2, 0) is 9.53 Å². The van der Waals surface area contributed by atoms with E-state index in [1.807, 2.05) is 0 Å². The highest BCUT2D eigenvalue weighted by molar-refractivity contribution is 5.77. The number of nitrogens with one attached hydrogen (secondary N) is 1. The maximum absolute atomic E-state index is 11.8. The first-order valence-corrected chi connectivity index (χ1v) is 6.43. The molecule has 16 heavy (non-hydrogen) atoms. The molecule has 0 spiro atoms. The quantitative estimate of drug-likeness (QED) is 0.733. The van der Waals surface area contributed by atoms with Crippen molar-refractivity contribution in [2.45, 2.75) is 62.8 Å². The smallest absolute Gasteiger partial charge is 0.221 e. The molecule has 2 heterocycles. The lowest BCUT2D eigenvalue weighted by Gasteiger charge is -2.21. The van der Waals surface area contributed by atoms with Crippen LogP contribution < -0.4 is 11.1 Å². The molecule has 4 atom stereocenters. The fourth-order valence-electron chi connectivity index (χ4n) is 2.96. The molecular formula is C12H20N2O2. The Bertz CT molecular complexity index is 291. The molecule has 2 saturated heterocycles. The number of ether oxygens (including phenoxy) is 1. The van der Waals surface area contributed by atoms with Crippen molar-refractivity contribution in [3.05, 3.63) is 0 Å². The molecule has 90 valence electrons. The summed E-state index contributed by atoms with van der Waals surface area (Å²) >= 11 is 0. The van der Waals surface area contributed by atoms with Gasteiger partial charge in [-0.25, -0.2) is 0 Å². The van der Waals surface area contributed by atoms with Gasteiger partial charge in [-0.2, -0.15) is 0 Å². The van der Waals surface area contributed by atoms with Crippen LogP contribution in [0.3, 0.4) is 0 Å². The van der Waals surface area contributed by atoms with Gasteiger partial charge in [-0.05, 0) is 38.0 Å². The van der Waals surface area contributed by atoms with Crippen LogP contribution in [0.1, 0.15) is 38.5 Å². The summed E-state index contributed by atoms with van der Waals surface area (Å²) in [5, 5.41) is 3.08. The second-order valence-electron chi connectivity index (χ2n) is 5.49. The van der Waals surface area contributed by atoms with Crippen LogP contribution in [0.15, 0.2) is 0 Å². The highest BCUT2D eigenvalue weighted by atomic mass is 16.5. The van der Waals surface area contributed by atoms with Crippen LogP contribution in [0, 0.1) is 5.92 Å². The molecule has 1 amide bonds. The third-order valence-electron chi connectivity index (χ3n) is 4.10. The molecule has 1 saturated carbocycles. The zero-order valence-electron chi connectivity index (χ0n) is 9.52. The van der Waals surface area contributed by atoms with E-state index in [4.69, 9.17) is 10.5 Å². The molecule has 0 radical (unpaired) electrons. The van der Waals surface area contributed by atoms with Gasteiger partial charge >= 0.3 is 0 Å². The summed E-state index contributed by atoms with van der Waals surface area (Å²) in [6, 6.07) is 0.317. The van der Waals surface area contributed by atoms with E-state index in [2.05, 4.69) is 5.32 Å². The van der Waals surface area contributed by atoms with Gasteiger partial charge in [0, 0.05) is 12.5 Å². The molecule has 1 aliphatic carbocycles. The van der Waals surface area contributed by atoms with Crippen molar-refractivity contribution in [2.75, 3.05) is 0 Å². The fraction of sp³-hybridized carbons (Fsp3) is 0.917. The van der Waals surface area contributed by atoms with Gasteiger partial charge in [-0.3, -0.25) is 4.79 Å². The highest BCUT2D eigenvalue weighted by Gasteiger charge is 2.41. The van der Waals surface area contributed by atoms with Gasteiger partial charge in [0.25, 0.3) is 0 Å². The Hall–Kier alpha value is -0.610. The third kappa shape index (κ3) is 2.09. The minimum Gasteiger partial charge on any atom is -0.373 e. The SMILES string of the molecule is NC(CC(=O)NC1CC2CCC1O2)C1CC1. The fourth-order valence-corrected chi connectivity index (χ4v) is 2.96. The van der Waals surface area contributed by atoms with Crippen molar-refractivity contribution < 1.29 is 9.53 Å². The minimum absolute atomic E-state index is 0.0690. The van der Waals surface area contributed by atoms with E-state index in [-0.39, 0.29) is 24.1 Å². The van der Waals surface area contributed by atoms with Gasteiger partial charge in [0.1, 0.15) is 0 Å². The van der Waals surface area contributed by atoms with Gasteiger partial charge in [0.2, 0.25) is 5.91 Å². The Balaban J connectivity index is 1.45. The summed E-state index contributed by atoms with van der Waals surface area (Å²) in [4.78, 5) is 11.8. The molecule has 0 aromatic rings. The first-order chi connectivity index (χ1) is 7.72. The molecule has 3 aliphatic rings. The molecule has 2 aliphatic heterocycles. The molecule has 4 unspecified atom stereocenters. The Labute approximate surface area is 95.9 Å². The Morgan fingerprint density at radius 1 is 1.38 bits per heavy atom. The summed E-state index contributed by atoms with van der Waals surface area (Å²) in [5.41, 5.74) is 5.94. The Morgan fingerprint density at radius 2 is 2.19 bits per heavy atom. The van der Waals surface area contributed by atoms with Crippen molar-refractivity contribution >= 4 is 5.91 Å². The number of amides is 1. The lowest BCUT2D eigenvalue weighted by molar-refractivity contribution is -0.122. The van der Waals surface area contributed by atoms with Crippen molar-refractivity contribution in [1.29, 1.82) is 0 Å². The Morgan fingerprint density at radius 3 is 2.75 bits per heavy atom. The van der Waals surface area contributed by atoms with E-state index >= 15 is 0 Å². The van der Waals surface area contributed by atoms with Gasteiger partial charge < -0.3 is 15.8 Å². The van der Waals surface area contributed by atoms with Crippen molar-refractivity contribution in [1.82, 2.24) is 5.32 Å². The van der Waals surface area contributed by atoms with Crippen LogP contribution in [0.5, 0.6) is 0 Å². The van der Waals surface area contributed by atoms with Crippen LogP contribution in [0.4, 0.5) is 0 Å². The molecule has 2 bridgehead atoms. The monoisotopic (exact) mass is 224 g/mol. The minimum atomic E-state index is 0.0690. The molecule has 0 aromatic heterocycles. The normalized spacial score (nSPS) is 38.7. The summed E-state index contributed by atoms with van der Waals surface area (Å²) in [6.07, 6.45) is 6.81. The molecule has 4 nitrogen and oxygen atoms in total. The van der Waals surface area contributed by atoms with Gasteiger partial charge in [0.05, 0.1) is 18.2 Å². The van der Waals surface area contributed by atoms with E-state index in [1.165, 1.54) is 19.3 Å². The third-order valence-corrected chi connectivity index (χ3v) is 4.10. The summed E-state index contributed by atoms with van der Waals surface area (Å²) in [5.74, 6) is 0.711. The summed E-state index contributed by atoms with van der Waals surface area (Å²) in [7, 11) is 0. The second kappa shape index (κ2) is 4.00. The second-order valence-corrected chi connectivity index (χ2v) is 5.49. The largest absolute Gasteiger partial charge is 0.373 e. The van der Waals surface area contributed by atoms with E-state index in [0.717, 1.165) is 12.8 Å². The number of nitrogens with two attached hydrogens (primary N) is 1. The number of rotatable bonds is 4. The number of carbonyl (C=O) groups excluding carboxylic acids is 1. The van der Waals surface area contributed by atoms with Crippen LogP contribution in [0.25, 0.3) is 0 Å². The first-order valence-electron chi connectivity index (χ1n) is 6.43. The van der Waals surface area contributed by atoms with Crippen molar-refractivity contribution in [2.24, 2.45) is 11.7 Å². The van der Waals surface area contributed by atoms with E-state index in [9.17, 15) is 4.79 Å². The molecule has 4 heteroatoms. The highest BCUT2D eigenvalue weighted by Crippen LogP contribution is 2.35. The Kier molecular flexibility index (Phi) is 2.64. The number of hydrogen-bond donors (Lipinski definition) is 2. The zero-order valence-corrected chi connectivity index (χ0v) is 9.52.